The molecule has 0 saturated heterocycles. The smallest absolute Gasteiger partial charge is 0.301 e. The molecule has 2 heterocycles. The van der Waals surface area contributed by atoms with E-state index >= 15 is 0 Å². The van der Waals surface area contributed by atoms with Crippen LogP contribution in [0.25, 0.3) is 11.0 Å². The van der Waals surface area contributed by atoms with Gasteiger partial charge in [0.05, 0.1) is 17.3 Å². The number of furan rings is 1. The van der Waals surface area contributed by atoms with Crippen LogP contribution in [-0.4, -0.2) is 15.9 Å². The molecule has 0 aliphatic rings. The van der Waals surface area contributed by atoms with Crippen molar-refractivity contribution in [1.29, 1.82) is 0 Å². The average molecular weight is 302 g/mol. The van der Waals surface area contributed by atoms with Crippen molar-refractivity contribution in [2.45, 2.75) is 17.8 Å². The number of rotatable bonds is 4. The predicted molar refractivity (Wildman–Crippen MR) is 80.8 cm³/mol. The highest BCUT2D eigenvalue weighted by molar-refractivity contribution is 7.98. The molecule has 2 aromatic heterocycles. The van der Waals surface area contributed by atoms with Gasteiger partial charge in [-0.15, -0.1) is 0 Å². The summed E-state index contributed by atoms with van der Waals surface area (Å²) in [6.07, 6.45) is 1.47. The first-order valence-electron chi connectivity index (χ1n) is 6.34. The van der Waals surface area contributed by atoms with Gasteiger partial charge in [0.15, 0.2) is 10.9 Å². The van der Waals surface area contributed by atoms with Crippen molar-refractivity contribution in [3.05, 3.63) is 47.4 Å². The molecule has 21 heavy (non-hydrogen) atoms. The maximum Gasteiger partial charge on any atom is 0.301 e. The van der Waals surface area contributed by atoms with E-state index in [-0.39, 0.29) is 5.76 Å². The first-order chi connectivity index (χ1) is 10.2. The molecule has 6 nitrogen and oxygen atoms in total. The number of hydrazine groups is 1. The Kier molecular flexibility index (Phi) is 3.68. The van der Waals surface area contributed by atoms with Crippen LogP contribution in [0.1, 0.15) is 21.7 Å². The maximum absolute atomic E-state index is 11.5. The predicted octanol–water partition coefficient (Wildman–Crippen LogP) is 2.36. The van der Waals surface area contributed by atoms with Gasteiger partial charge >= 0.3 is 5.91 Å². The number of benzene rings is 1. The minimum atomic E-state index is -0.434. The molecule has 3 rings (SSSR count). The van der Waals surface area contributed by atoms with Crippen LogP contribution < -0.4 is 11.3 Å². The number of nitrogen functional groups attached to an aromatic ring is 1. The number of aromatic amines is 1. The number of hydrogen-bond acceptors (Lipinski definition) is 5. The number of nitrogens with two attached hydrogens (primary N) is 1. The second-order valence-corrected chi connectivity index (χ2v) is 5.56. The molecule has 0 atom stereocenters. The fraction of sp³-hybridized carbons (Fsp3) is 0.143. The lowest BCUT2D eigenvalue weighted by atomic mass is 10.2. The Morgan fingerprint density at radius 2 is 2.33 bits per heavy atom. The van der Waals surface area contributed by atoms with Gasteiger partial charge in [-0.25, -0.2) is 10.8 Å². The Morgan fingerprint density at radius 3 is 3.14 bits per heavy atom. The topological polar surface area (TPSA) is 96.9 Å². The maximum atomic E-state index is 11.5. The molecule has 0 aliphatic heterocycles. The summed E-state index contributed by atoms with van der Waals surface area (Å²) in [5.74, 6) is 5.49. The third-order valence-electron chi connectivity index (χ3n) is 3.06. The van der Waals surface area contributed by atoms with Crippen molar-refractivity contribution < 1.29 is 9.21 Å². The number of H-pyrrole nitrogens is 1. The van der Waals surface area contributed by atoms with Gasteiger partial charge < -0.3 is 9.40 Å². The van der Waals surface area contributed by atoms with Gasteiger partial charge in [0, 0.05) is 11.3 Å². The van der Waals surface area contributed by atoms with Gasteiger partial charge in [0.1, 0.15) is 0 Å². The van der Waals surface area contributed by atoms with Gasteiger partial charge in [0.25, 0.3) is 0 Å². The zero-order chi connectivity index (χ0) is 14.8. The van der Waals surface area contributed by atoms with Crippen LogP contribution in [0.4, 0.5) is 0 Å². The summed E-state index contributed by atoms with van der Waals surface area (Å²) in [5, 5.41) is 0.802. The zero-order valence-electron chi connectivity index (χ0n) is 11.3. The number of aromatic nitrogens is 2. The summed E-state index contributed by atoms with van der Waals surface area (Å²) >= 11 is 1.50. The van der Waals surface area contributed by atoms with E-state index in [1.54, 1.807) is 6.07 Å². The minimum absolute atomic E-state index is 0.233. The molecule has 0 aliphatic carbocycles. The Hall–Kier alpha value is -2.25. The van der Waals surface area contributed by atoms with E-state index in [0.29, 0.717) is 5.75 Å². The number of thioether (sulfide) groups is 1. The molecule has 0 spiro atoms. The molecular formula is C14H14N4O2S. The number of imidazole rings is 1. The van der Waals surface area contributed by atoms with Crippen LogP contribution in [-0.2, 0) is 5.75 Å². The summed E-state index contributed by atoms with van der Waals surface area (Å²) in [5.41, 5.74) is 5.96. The fourth-order valence-electron chi connectivity index (χ4n) is 2.03. The van der Waals surface area contributed by atoms with Crippen molar-refractivity contribution in [3.8, 4) is 0 Å². The highest BCUT2D eigenvalue weighted by atomic mass is 32.2. The molecular weight excluding hydrogens is 288 g/mol. The number of carbonyl (C=O) groups excluding carboxylic acids is 1. The van der Waals surface area contributed by atoms with E-state index in [4.69, 9.17) is 10.3 Å². The van der Waals surface area contributed by atoms with Crippen LogP contribution in [0.3, 0.4) is 0 Å². The van der Waals surface area contributed by atoms with E-state index in [1.807, 2.05) is 19.1 Å². The first-order valence-corrected chi connectivity index (χ1v) is 7.32. The largest absolute Gasteiger partial charge is 0.459 e. The van der Waals surface area contributed by atoms with Crippen molar-refractivity contribution in [3.63, 3.8) is 0 Å². The monoisotopic (exact) mass is 302 g/mol. The highest BCUT2D eigenvalue weighted by Crippen LogP contribution is 2.25. The van der Waals surface area contributed by atoms with Gasteiger partial charge in [-0.1, -0.05) is 17.8 Å². The SMILES string of the molecule is Cc1ccc2nc(SCc3ccoc3C(=O)NN)[nH]c2c1. The van der Waals surface area contributed by atoms with E-state index < -0.39 is 5.91 Å². The van der Waals surface area contributed by atoms with E-state index in [0.717, 1.165) is 21.8 Å². The Balaban J connectivity index is 1.77. The van der Waals surface area contributed by atoms with E-state index in [9.17, 15) is 4.79 Å². The second kappa shape index (κ2) is 5.63. The summed E-state index contributed by atoms with van der Waals surface area (Å²) in [6.45, 7) is 2.04. The summed E-state index contributed by atoms with van der Waals surface area (Å²) in [6, 6.07) is 7.82. The number of aryl methyl sites for hydroxylation is 1. The first kappa shape index (κ1) is 13.7. The molecule has 108 valence electrons. The van der Waals surface area contributed by atoms with Gasteiger partial charge in [-0.3, -0.25) is 10.2 Å². The van der Waals surface area contributed by atoms with Crippen LogP contribution in [0.5, 0.6) is 0 Å². The number of nitrogens with zero attached hydrogens (tertiary/aromatic N) is 1. The number of fused-ring (bicyclic) bond motifs is 1. The van der Waals surface area contributed by atoms with Crippen LogP contribution in [0.15, 0.2) is 40.1 Å². The number of amides is 1. The zero-order valence-corrected chi connectivity index (χ0v) is 12.2. The minimum Gasteiger partial charge on any atom is -0.459 e. The molecule has 0 radical (unpaired) electrons. The molecule has 3 aromatic rings. The lowest BCUT2D eigenvalue weighted by Crippen LogP contribution is -2.30. The molecule has 1 aromatic carbocycles. The highest BCUT2D eigenvalue weighted by Gasteiger charge is 2.15. The molecule has 0 fully saturated rings. The van der Waals surface area contributed by atoms with Crippen LogP contribution >= 0.6 is 11.8 Å². The second-order valence-electron chi connectivity index (χ2n) is 4.60. The Labute approximate surface area is 125 Å². The van der Waals surface area contributed by atoms with Crippen molar-refractivity contribution in [2.75, 3.05) is 0 Å². The molecule has 7 heteroatoms. The third kappa shape index (κ3) is 2.79. The quantitative estimate of drug-likeness (QED) is 0.297. The van der Waals surface area contributed by atoms with Crippen LogP contribution in [0, 0.1) is 6.92 Å². The van der Waals surface area contributed by atoms with Crippen molar-refractivity contribution >= 4 is 28.7 Å². The Bertz CT molecular complexity index is 793. The van der Waals surface area contributed by atoms with Gasteiger partial charge in [0.2, 0.25) is 0 Å². The molecule has 4 N–H and O–H groups in total. The van der Waals surface area contributed by atoms with E-state index in [2.05, 4.69) is 21.5 Å². The van der Waals surface area contributed by atoms with Crippen molar-refractivity contribution in [2.24, 2.45) is 5.84 Å². The lowest BCUT2D eigenvalue weighted by Gasteiger charge is -1.99. The average Bonchev–Trinajstić information content (AvgIpc) is 3.09. The third-order valence-corrected chi connectivity index (χ3v) is 3.99. The fourth-order valence-corrected chi connectivity index (χ4v) is 2.89. The van der Waals surface area contributed by atoms with E-state index in [1.165, 1.54) is 23.6 Å². The van der Waals surface area contributed by atoms with Crippen LogP contribution in [0.2, 0.25) is 0 Å². The molecule has 0 bridgehead atoms. The number of hydrogen-bond donors (Lipinski definition) is 3. The van der Waals surface area contributed by atoms with Gasteiger partial charge in [-0.05, 0) is 30.7 Å². The number of carbonyl (C=O) groups is 1. The molecule has 0 saturated carbocycles. The van der Waals surface area contributed by atoms with Gasteiger partial charge in [-0.2, -0.15) is 0 Å². The molecule has 1 amide bonds. The standard InChI is InChI=1S/C14H14N4O2S/c1-8-2-3-10-11(6-8)17-14(16-10)21-7-9-4-5-20-12(9)13(19)18-15/h2-6H,7,15H2,1H3,(H,16,17)(H,18,19). The lowest BCUT2D eigenvalue weighted by molar-refractivity contribution is 0.0925. The summed E-state index contributed by atoms with van der Waals surface area (Å²) in [4.78, 5) is 19.3. The van der Waals surface area contributed by atoms with Crippen molar-refractivity contribution in [1.82, 2.24) is 15.4 Å². The molecule has 0 unspecified atom stereocenters. The Morgan fingerprint density at radius 1 is 1.48 bits per heavy atom. The summed E-state index contributed by atoms with van der Waals surface area (Å²) in [7, 11) is 0. The normalized spacial score (nSPS) is 11.0. The summed E-state index contributed by atoms with van der Waals surface area (Å²) < 4.78 is 5.14. The number of nitrogens with one attached hydrogen (secondary N) is 2.